The Hall–Kier alpha value is -1.88. The summed E-state index contributed by atoms with van der Waals surface area (Å²) >= 11 is 1.28. The van der Waals surface area contributed by atoms with Gasteiger partial charge in [-0.05, 0) is 11.6 Å². The molecule has 3 aromatic rings. The van der Waals surface area contributed by atoms with Crippen molar-refractivity contribution in [3.8, 4) is 11.1 Å². The molecule has 19 heavy (non-hydrogen) atoms. The second kappa shape index (κ2) is 4.35. The van der Waals surface area contributed by atoms with Crippen LogP contribution in [0.2, 0.25) is 0 Å². The second-order valence-electron chi connectivity index (χ2n) is 4.08. The Balaban J connectivity index is 2.16. The van der Waals surface area contributed by atoms with Gasteiger partial charge in [0.2, 0.25) is 0 Å². The normalized spacial score (nSPS) is 11.9. The van der Waals surface area contributed by atoms with E-state index in [1.807, 2.05) is 35.7 Å². The number of nitrogens with zero attached hydrogens (tertiary/aromatic N) is 1. The van der Waals surface area contributed by atoms with Crippen molar-refractivity contribution in [2.45, 2.75) is 6.18 Å². The minimum atomic E-state index is -4.35. The number of halogens is 3. The summed E-state index contributed by atoms with van der Waals surface area (Å²) in [6.45, 7) is 0. The van der Waals surface area contributed by atoms with E-state index < -0.39 is 11.7 Å². The van der Waals surface area contributed by atoms with Gasteiger partial charge in [-0.15, -0.1) is 11.3 Å². The van der Waals surface area contributed by atoms with E-state index in [2.05, 4.69) is 4.98 Å². The van der Waals surface area contributed by atoms with E-state index in [1.54, 1.807) is 0 Å². The van der Waals surface area contributed by atoms with E-state index in [9.17, 15) is 13.2 Å². The molecule has 0 spiro atoms. The number of benzene rings is 1. The predicted molar refractivity (Wildman–Crippen MR) is 70.1 cm³/mol. The topological polar surface area (TPSA) is 12.9 Å². The summed E-state index contributed by atoms with van der Waals surface area (Å²) in [5, 5.41) is 1.84. The van der Waals surface area contributed by atoms with Gasteiger partial charge < -0.3 is 0 Å². The molecule has 0 saturated carbocycles. The van der Waals surface area contributed by atoms with Crippen molar-refractivity contribution in [1.82, 2.24) is 4.98 Å². The first-order valence-electron chi connectivity index (χ1n) is 5.55. The Morgan fingerprint density at radius 1 is 1.05 bits per heavy atom. The van der Waals surface area contributed by atoms with Gasteiger partial charge in [-0.2, -0.15) is 13.2 Å². The molecule has 0 atom stereocenters. The fraction of sp³-hybridized carbons (Fsp3) is 0.0714. The van der Waals surface area contributed by atoms with Crippen LogP contribution in [-0.2, 0) is 6.18 Å². The highest BCUT2D eigenvalue weighted by atomic mass is 32.1. The van der Waals surface area contributed by atoms with Crippen molar-refractivity contribution in [3.63, 3.8) is 0 Å². The largest absolute Gasteiger partial charge is 0.417 e. The van der Waals surface area contributed by atoms with Crippen LogP contribution in [0.3, 0.4) is 0 Å². The minimum absolute atomic E-state index is 0.550. The molecule has 5 heteroatoms. The highest BCUT2D eigenvalue weighted by molar-refractivity contribution is 7.17. The van der Waals surface area contributed by atoms with E-state index >= 15 is 0 Å². The van der Waals surface area contributed by atoms with Crippen LogP contribution in [0.15, 0.2) is 48.0 Å². The van der Waals surface area contributed by atoms with Gasteiger partial charge in [0.1, 0.15) is 0 Å². The first-order valence-corrected chi connectivity index (χ1v) is 6.43. The Bertz CT molecular complexity index is 716. The molecular formula is C14H8F3NS. The first-order chi connectivity index (χ1) is 9.05. The van der Waals surface area contributed by atoms with Gasteiger partial charge in [-0.1, -0.05) is 30.3 Å². The molecule has 2 heterocycles. The van der Waals surface area contributed by atoms with E-state index in [-0.39, 0.29) is 0 Å². The highest BCUT2D eigenvalue weighted by Gasteiger charge is 2.31. The zero-order valence-electron chi connectivity index (χ0n) is 9.61. The molecule has 96 valence electrons. The molecule has 1 nitrogen and oxygen atoms in total. The van der Waals surface area contributed by atoms with Crippen molar-refractivity contribution >= 4 is 21.6 Å². The lowest BCUT2D eigenvalue weighted by Crippen LogP contribution is -2.04. The fourth-order valence-electron chi connectivity index (χ4n) is 1.89. The molecule has 0 aliphatic rings. The maximum absolute atomic E-state index is 12.6. The minimum Gasteiger partial charge on any atom is -0.254 e. The Kier molecular flexibility index (Phi) is 2.78. The lowest BCUT2D eigenvalue weighted by molar-refractivity contribution is -0.137. The van der Waals surface area contributed by atoms with Crippen LogP contribution < -0.4 is 0 Å². The van der Waals surface area contributed by atoms with Gasteiger partial charge in [0.15, 0.2) is 0 Å². The third-order valence-electron chi connectivity index (χ3n) is 2.82. The zero-order chi connectivity index (χ0) is 13.5. The van der Waals surface area contributed by atoms with Crippen molar-refractivity contribution in [2.75, 3.05) is 0 Å². The van der Waals surface area contributed by atoms with Crippen molar-refractivity contribution < 1.29 is 13.2 Å². The second-order valence-corrected chi connectivity index (χ2v) is 5.00. The molecule has 0 aliphatic carbocycles. The van der Waals surface area contributed by atoms with E-state index in [0.717, 1.165) is 23.4 Å². The zero-order valence-corrected chi connectivity index (χ0v) is 10.4. The average Bonchev–Trinajstić information content (AvgIpc) is 2.81. The number of hydrogen-bond donors (Lipinski definition) is 0. The summed E-state index contributed by atoms with van der Waals surface area (Å²) in [6, 6.07) is 10.7. The number of hydrogen-bond acceptors (Lipinski definition) is 2. The maximum atomic E-state index is 12.6. The van der Waals surface area contributed by atoms with Crippen LogP contribution in [0.4, 0.5) is 13.2 Å². The van der Waals surface area contributed by atoms with Gasteiger partial charge in [-0.3, -0.25) is 4.98 Å². The Morgan fingerprint density at radius 2 is 1.79 bits per heavy atom. The van der Waals surface area contributed by atoms with Gasteiger partial charge in [0.25, 0.3) is 0 Å². The summed E-state index contributed by atoms with van der Waals surface area (Å²) in [6.07, 6.45) is -3.46. The first kappa shape index (κ1) is 12.2. The molecule has 0 aliphatic heterocycles. The van der Waals surface area contributed by atoms with Gasteiger partial charge in [-0.25, -0.2) is 0 Å². The number of fused-ring (bicyclic) bond motifs is 1. The third kappa shape index (κ3) is 2.21. The molecule has 0 bridgehead atoms. The summed E-state index contributed by atoms with van der Waals surface area (Å²) in [7, 11) is 0. The van der Waals surface area contributed by atoms with Crippen LogP contribution in [-0.4, -0.2) is 4.98 Å². The summed E-state index contributed by atoms with van der Waals surface area (Å²) in [4.78, 5) is 3.97. The van der Waals surface area contributed by atoms with Gasteiger partial charge in [0, 0.05) is 17.1 Å². The average molecular weight is 279 g/mol. The maximum Gasteiger partial charge on any atom is 0.417 e. The van der Waals surface area contributed by atoms with Crippen molar-refractivity contribution in [2.24, 2.45) is 0 Å². The smallest absolute Gasteiger partial charge is 0.254 e. The molecule has 0 radical (unpaired) electrons. The van der Waals surface area contributed by atoms with Crippen molar-refractivity contribution in [1.29, 1.82) is 0 Å². The SMILES string of the molecule is FC(F)(F)c1cnc2c(-c3ccccc3)csc2c1. The van der Waals surface area contributed by atoms with Crippen LogP contribution >= 0.6 is 11.3 Å². The van der Waals surface area contributed by atoms with Crippen LogP contribution in [0, 0.1) is 0 Å². The van der Waals surface area contributed by atoms with E-state index in [0.29, 0.717) is 10.2 Å². The van der Waals surface area contributed by atoms with E-state index in [1.165, 1.54) is 11.3 Å². The standard InChI is InChI=1S/C14H8F3NS/c15-14(16,17)10-6-12-13(18-7-10)11(8-19-12)9-4-2-1-3-5-9/h1-8H. The molecular weight excluding hydrogens is 271 g/mol. The quantitative estimate of drug-likeness (QED) is 0.612. The highest BCUT2D eigenvalue weighted by Crippen LogP contribution is 2.36. The van der Waals surface area contributed by atoms with E-state index in [4.69, 9.17) is 0 Å². The van der Waals surface area contributed by atoms with Gasteiger partial charge >= 0.3 is 6.18 Å². The molecule has 0 unspecified atom stereocenters. The molecule has 2 aromatic heterocycles. The third-order valence-corrected chi connectivity index (χ3v) is 3.74. The van der Waals surface area contributed by atoms with Crippen LogP contribution in [0.5, 0.6) is 0 Å². The summed E-state index contributed by atoms with van der Waals surface area (Å²) < 4.78 is 38.4. The molecule has 0 amide bonds. The number of pyridine rings is 1. The lowest BCUT2D eigenvalue weighted by Gasteiger charge is -2.05. The molecule has 0 N–H and O–H groups in total. The Labute approximate surface area is 111 Å². The number of aromatic nitrogens is 1. The molecule has 0 saturated heterocycles. The fourth-order valence-corrected chi connectivity index (χ4v) is 2.85. The predicted octanol–water partition coefficient (Wildman–Crippen LogP) is 4.98. The van der Waals surface area contributed by atoms with Crippen LogP contribution in [0.1, 0.15) is 5.56 Å². The molecule has 1 aromatic carbocycles. The summed E-state index contributed by atoms with van der Waals surface area (Å²) in [5.74, 6) is 0. The lowest BCUT2D eigenvalue weighted by atomic mass is 10.1. The monoisotopic (exact) mass is 279 g/mol. The van der Waals surface area contributed by atoms with Crippen molar-refractivity contribution in [3.05, 3.63) is 53.5 Å². The Morgan fingerprint density at radius 3 is 2.47 bits per heavy atom. The van der Waals surface area contributed by atoms with Crippen LogP contribution in [0.25, 0.3) is 21.3 Å². The molecule has 0 fully saturated rings. The number of rotatable bonds is 1. The summed E-state index contributed by atoms with van der Waals surface area (Å²) in [5.41, 5.74) is 1.74. The van der Waals surface area contributed by atoms with Gasteiger partial charge in [0.05, 0.1) is 15.8 Å². The molecule has 3 rings (SSSR count). The number of thiophene rings is 1. The number of alkyl halides is 3.